The molecule has 1 heterocycles. The minimum Gasteiger partial charge on any atom is -0.444 e. The van der Waals surface area contributed by atoms with E-state index in [0.29, 0.717) is 11.1 Å². The first-order valence-corrected chi connectivity index (χ1v) is 9.72. The number of ether oxygens (including phenoxy) is 1. The lowest BCUT2D eigenvalue weighted by molar-refractivity contribution is -0.0272. The molecule has 1 spiro atoms. The van der Waals surface area contributed by atoms with Crippen molar-refractivity contribution in [3.05, 3.63) is 23.2 Å². The van der Waals surface area contributed by atoms with Crippen LogP contribution in [-0.4, -0.2) is 42.8 Å². The minimum absolute atomic E-state index is 0.219. The second-order valence-electron chi connectivity index (χ2n) is 8.85. The summed E-state index contributed by atoms with van der Waals surface area (Å²) < 4.78 is 5.48. The summed E-state index contributed by atoms with van der Waals surface area (Å²) in [5.41, 5.74) is 7.46. The zero-order valence-electron chi connectivity index (χ0n) is 16.2. The van der Waals surface area contributed by atoms with E-state index < -0.39 is 5.60 Å². The van der Waals surface area contributed by atoms with E-state index >= 15 is 0 Å². The molecule has 0 bridgehead atoms. The number of carbonyl (C=O) groups is 1. The van der Waals surface area contributed by atoms with E-state index in [4.69, 9.17) is 22.1 Å². The Balaban J connectivity index is 1.53. The normalized spacial score (nSPS) is 20.0. The van der Waals surface area contributed by atoms with Gasteiger partial charge in [0, 0.05) is 31.9 Å². The molecule has 1 saturated heterocycles. The van der Waals surface area contributed by atoms with E-state index in [0.717, 1.165) is 49.5 Å². The Kier molecular flexibility index (Phi) is 5.04. The molecule has 144 valence electrons. The molecule has 2 fully saturated rings. The maximum Gasteiger partial charge on any atom is 0.410 e. The summed E-state index contributed by atoms with van der Waals surface area (Å²) >= 11 is 6.35. The third-order valence-electron chi connectivity index (χ3n) is 5.70. The minimum atomic E-state index is -0.448. The van der Waals surface area contributed by atoms with Gasteiger partial charge in [0.15, 0.2) is 0 Å². The monoisotopic (exact) mass is 379 g/mol. The van der Waals surface area contributed by atoms with Crippen molar-refractivity contribution in [2.24, 2.45) is 5.41 Å². The average Bonchev–Trinajstić information content (AvgIpc) is 2.50. The van der Waals surface area contributed by atoms with Crippen LogP contribution in [0.4, 0.5) is 16.2 Å². The van der Waals surface area contributed by atoms with Crippen LogP contribution in [0.3, 0.4) is 0 Å². The van der Waals surface area contributed by atoms with Gasteiger partial charge in [-0.25, -0.2) is 4.79 Å². The number of anilines is 2. The summed E-state index contributed by atoms with van der Waals surface area (Å²) in [5, 5.41) is 0.720. The molecule has 1 aliphatic heterocycles. The van der Waals surface area contributed by atoms with Crippen molar-refractivity contribution in [3.8, 4) is 0 Å². The van der Waals surface area contributed by atoms with E-state index in [1.54, 1.807) is 4.90 Å². The Labute approximate surface area is 161 Å². The third kappa shape index (κ3) is 4.03. The summed E-state index contributed by atoms with van der Waals surface area (Å²) in [4.78, 5) is 16.4. The molecule has 0 radical (unpaired) electrons. The maximum atomic E-state index is 12.2. The largest absolute Gasteiger partial charge is 0.444 e. The van der Waals surface area contributed by atoms with Gasteiger partial charge in [0.1, 0.15) is 5.60 Å². The summed E-state index contributed by atoms with van der Waals surface area (Å²) in [6.45, 7) is 7.69. The summed E-state index contributed by atoms with van der Waals surface area (Å²) in [7, 11) is 1.86. The lowest BCUT2D eigenvalue weighted by atomic mass is 9.60. The SMILES string of the molecule is CN(C(=O)OC(C)(C)C)C1CC2(CCN(c3ccc(N)cc3Cl)CC2)C1. The van der Waals surface area contributed by atoms with Crippen LogP contribution < -0.4 is 10.6 Å². The number of nitrogen functional groups attached to an aromatic ring is 1. The number of rotatable bonds is 2. The van der Waals surface area contributed by atoms with Crippen molar-refractivity contribution in [2.75, 3.05) is 30.8 Å². The first-order valence-electron chi connectivity index (χ1n) is 9.34. The van der Waals surface area contributed by atoms with Crippen molar-refractivity contribution >= 4 is 29.1 Å². The second-order valence-corrected chi connectivity index (χ2v) is 9.26. The first kappa shape index (κ1) is 19.2. The summed E-state index contributed by atoms with van der Waals surface area (Å²) in [6, 6.07) is 6.02. The number of halogens is 1. The van der Waals surface area contributed by atoms with Crippen LogP contribution in [0.15, 0.2) is 18.2 Å². The van der Waals surface area contributed by atoms with Gasteiger partial charge in [-0.2, -0.15) is 0 Å². The predicted octanol–water partition coefficient (Wildman–Crippen LogP) is 4.54. The van der Waals surface area contributed by atoms with E-state index in [9.17, 15) is 4.79 Å². The molecule has 1 aromatic rings. The van der Waals surface area contributed by atoms with Crippen LogP contribution in [0.5, 0.6) is 0 Å². The first-order chi connectivity index (χ1) is 12.1. The Morgan fingerprint density at radius 2 is 1.92 bits per heavy atom. The molecular weight excluding hydrogens is 350 g/mol. The molecule has 6 heteroatoms. The molecule has 0 unspecified atom stereocenters. The standard InChI is InChI=1S/C20H30ClN3O2/c1-19(2,3)26-18(25)23(4)15-12-20(13-15)7-9-24(10-8-20)17-6-5-14(22)11-16(17)21/h5-6,11,15H,7-10,12-13,22H2,1-4H3. The Hall–Kier alpha value is -1.62. The number of benzene rings is 1. The number of amides is 1. The van der Waals surface area contributed by atoms with Crippen LogP contribution in [0.25, 0.3) is 0 Å². The van der Waals surface area contributed by atoms with E-state index in [2.05, 4.69) is 4.90 Å². The number of nitrogens with zero attached hydrogens (tertiary/aromatic N) is 2. The molecular formula is C20H30ClN3O2. The van der Waals surface area contributed by atoms with Crippen LogP contribution in [0.2, 0.25) is 5.02 Å². The Morgan fingerprint density at radius 1 is 1.31 bits per heavy atom. The lowest BCUT2D eigenvalue weighted by Crippen LogP contribution is -2.56. The van der Waals surface area contributed by atoms with Crippen molar-refractivity contribution in [2.45, 2.75) is 58.1 Å². The molecule has 1 aromatic carbocycles. The molecule has 1 amide bonds. The number of piperidine rings is 1. The smallest absolute Gasteiger partial charge is 0.410 e. The van der Waals surface area contributed by atoms with Crippen LogP contribution >= 0.6 is 11.6 Å². The number of hydrogen-bond donors (Lipinski definition) is 1. The van der Waals surface area contributed by atoms with Gasteiger partial charge in [0.05, 0.1) is 10.7 Å². The van der Waals surface area contributed by atoms with Crippen LogP contribution in [0.1, 0.15) is 46.5 Å². The lowest BCUT2D eigenvalue weighted by Gasteiger charge is -2.54. The highest BCUT2D eigenvalue weighted by Gasteiger charge is 2.48. The number of carbonyl (C=O) groups excluding carboxylic acids is 1. The summed E-state index contributed by atoms with van der Waals surface area (Å²) in [5.74, 6) is 0. The molecule has 2 aliphatic rings. The molecule has 1 aliphatic carbocycles. The maximum absolute atomic E-state index is 12.2. The predicted molar refractivity (Wildman–Crippen MR) is 107 cm³/mol. The fourth-order valence-corrected chi connectivity index (χ4v) is 4.42. The highest BCUT2D eigenvalue weighted by Crippen LogP contribution is 2.51. The van der Waals surface area contributed by atoms with Crippen molar-refractivity contribution in [1.29, 1.82) is 0 Å². The average molecular weight is 380 g/mol. The Bertz CT molecular complexity index is 670. The van der Waals surface area contributed by atoms with Crippen LogP contribution in [0, 0.1) is 5.41 Å². The van der Waals surface area contributed by atoms with Crippen LogP contribution in [-0.2, 0) is 4.74 Å². The molecule has 26 heavy (non-hydrogen) atoms. The van der Waals surface area contributed by atoms with Gasteiger partial charge in [-0.05, 0) is 70.1 Å². The topological polar surface area (TPSA) is 58.8 Å². The van der Waals surface area contributed by atoms with E-state index in [1.165, 1.54) is 0 Å². The fraction of sp³-hybridized carbons (Fsp3) is 0.650. The second kappa shape index (κ2) is 6.84. The zero-order valence-corrected chi connectivity index (χ0v) is 17.0. The van der Waals surface area contributed by atoms with E-state index in [-0.39, 0.29) is 12.1 Å². The molecule has 0 aromatic heterocycles. The molecule has 0 atom stereocenters. The Morgan fingerprint density at radius 3 is 2.46 bits per heavy atom. The zero-order chi connectivity index (χ0) is 19.1. The van der Waals surface area contributed by atoms with Crippen molar-refractivity contribution in [3.63, 3.8) is 0 Å². The molecule has 5 nitrogen and oxygen atoms in total. The van der Waals surface area contributed by atoms with Gasteiger partial charge in [-0.3, -0.25) is 0 Å². The summed E-state index contributed by atoms with van der Waals surface area (Å²) in [6.07, 6.45) is 4.17. The highest BCUT2D eigenvalue weighted by molar-refractivity contribution is 6.33. The van der Waals surface area contributed by atoms with Gasteiger partial charge in [-0.1, -0.05) is 11.6 Å². The van der Waals surface area contributed by atoms with E-state index in [1.807, 2.05) is 46.0 Å². The molecule has 2 N–H and O–H groups in total. The van der Waals surface area contributed by atoms with Gasteiger partial charge < -0.3 is 20.3 Å². The number of hydrogen-bond acceptors (Lipinski definition) is 4. The number of nitrogens with two attached hydrogens (primary N) is 1. The van der Waals surface area contributed by atoms with Crippen molar-refractivity contribution < 1.29 is 9.53 Å². The van der Waals surface area contributed by atoms with Gasteiger partial charge in [-0.15, -0.1) is 0 Å². The quantitative estimate of drug-likeness (QED) is 0.766. The van der Waals surface area contributed by atoms with Crippen molar-refractivity contribution in [1.82, 2.24) is 4.90 Å². The fourth-order valence-electron chi connectivity index (χ4n) is 4.11. The van der Waals surface area contributed by atoms with Gasteiger partial charge >= 0.3 is 6.09 Å². The van der Waals surface area contributed by atoms with Gasteiger partial charge in [0.2, 0.25) is 0 Å². The molecule has 3 rings (SSSR count). The molecule has 1 saturated carbocycles. The van der Waals surface area contributed by atoms with Gasteiger partial charge in [0.25, 0.3) is 0 Å². The highest BCUT2D eigenvalue weighted by atomic mass is 35.5. The third-order valence-corrected chi connectivity index (χ3v) is 6.01.